The quantitative estimate of drug-likeness (QED) is 0.435. The summed E-state index contributed by atoms with van der Waals surface area (Å²) in [7, 11) is 0. The lowest BCUT2D eigenvalue weighted by Crippen LogP contribution is -2.33. The fourth-order valence-corrected chi connectivity index (χ4v) is 2.48. The molecule has 0 bridgehead atoms. The number of rotatable bonds is 7. The van der Waals surface area contributed by atoms with E-state index >= 15 is 0 Å². The summed E-state index contributed by atoms with van der Waals surface area (Å²) in [5.74, 6) is 0.745. The third-order valence-corrected chi connectivity index (χ3v) is 3.98. The Morgan fingerprint density at radius 1 is 1.30 bits per heavy atom. The van der Waals surface area contributed by atoms with Crippen LogP contribution in [0.2, 0.25) is 0 Å². The van der Waals surface area contributed by atoms with Gasteiger partial charge in [0.1, 0.15) is 0 Å². The van der Waals surface area contributed by atoms with Gasteiger partial charge < -0.3 is 0 Å². The minimum atomic E-state index is -0.459. The van der Waals surface area contributed by atoms with Gasteiger partial charge in [0, 0.05) is 30.3 Å². The number of nitro groups is 1. The van der Waals surface area contributed by atoms with E-state index in [2.05, 4.69) is 4.90 Å². The second kappa shape index (κ2) is 5.32. The van der Waals surface area contributed by atoms with Crippen molar-refractivity contribution in [2.75, 3.05) is 13.1 Å². The highest BCUT2D eigenvalue weighted by atomic mass is 16.6. The molecule has 5 nitrogen and oxygen atoms in total. The molecule has 106 valence electrons. The first kappa shape index (κ1) is 13.2. The van der Waals surface area contributed by atoms with E-state index < -0.39 is 4.92 Å². The second-order valence-electron chi connectivity index (χ2n) is 5.83. The second-order valence-corrected chi connectivity index (χ2v) is 5.83. The number of carbonyl (C=O) groups is 1. The highest BCUT2D eigenvalue weighted by Gasteiger charge is 2.34. The molecule has 3 rings (SSSR count). The van der Waals surface area contributed by atoms with Crippen molar-refractivity contribution in [3.05, 3.63) is 39.9 Å². The Balaban J connectivity index is 1.67. The minimum absolute atomic E-state index is 0.0127. The highest BCUT2D eigenvalue weighted by molar-refractivity contribution is 5.98. The van der Waals surface area contributed by atoms with E-state index in [4.69, 9.17) is 0 Å². The number of Topliss-reactive ketones (excluding diaryl/α,β-unsaturated/α-hetero) is 1. The predicted octanol–water partition coefficient (Wildman–Crippen LogP) is 2.65. The van der Waals surface area contributed by atoms with Crippen molar-refractivity contribution >= 4 is 11.5 Å². The number of hydrogen-bond donors (Lipinski definition) is 0. The molecular weight excluding hydrogens is 256 g/mol. The number of non-ortho nitro benzene ring substituents is 1. The molecule has 2 aliphatic carbocycles. The molecule has 20 heavy (non-hydrogen) atoms. The normalized spacial score (nSPS) is 18.2. The van der Waals surface area contributed by atoms with Gasteiger partial charge in [-0.05, 0) is 31.6 Å². The van der Waals surface area contributed by atoms with Crippen LogP contribution in [0, 0.1) is 16.0 Å². The Morgan fingerprint density at radius 2 is 2.05 bits per heavy atom. The number of nitrogens with zero attached hydrogens (tertiary/aromatic N) is 2. The average molecular weight is 274 g/mol. The standard InChI is InChI=1S/C15H18N2O3/c18-15(12-2-1-3-14(8-12)17(19)20)10-16(13-6-7-13)9-11-4-5-11/h1-3,8,11,13H,4-7,9-10H2. The van der Waals surface area contributed by atoms with Crippen LogP contribution < -0.4 is 0 Å². The van der Waals surface area contributed by atoms with Crippen molar-refractivity contribution in [2.45, 2.75) is 31.7 Å². The molecular formula is C15H18N2O3. The van der Waals surface area contributed by atoms with Gasteiger partial charge in [-0.1, -0.05) is 12.1 Å². The maximum Gasteiger partial charge on any atom is 0.270 e. The van der Waals surface area contributed by atoms with Crippen LogP contribution in [0.3, 0.4) is 0 Å². The van der Waals surface area contributed by atoms with Gasteiger partial charge in [0.05, 0.1) is 11.5 Å². The number of benzene rings is 1. The van der Waals surface area contributed by atoms with Crippen LogP contribution in [-0.4, -0.2) is 34.7 Å². The van der Waals surface area contributed by atoms with E-state index in [-0.39, 0.29) is 11.5 Å². The van der Waals surface area contributed by atoms with Crippen molar-refractivity contribution in [2.24, 2.45) is 5.92 Å². The molecule has 0 heterocycles. The fraction of sp³-hybridized carbons (Fsp3) is 0.533. The van der Waals surface area contributed by atoms with Gasteiger partial charge in [-0.3, -0.25) is 19.8 Å². The van der Waals surface area contributed by atoms with Crippen molar-refractivity contribution in [1.82, 2.24) is 4.90 Å². The lowest BCUT2D eigenvalue weighted by Gasteiger charge is -2.20. The summed E-state index contributed by atoms with van der Waals surface area (Å²) in [6, 6.07) is 6.59. The van der Waals surface area contributed by atoms with Gasteiger partial charge in [-0.15, -0.1) is 0 Å². The number of ketones is 1. The van der Waals surface area contributed by atoms with E-state index in [1.54, 1.807) is 12.1 Å². The van der Waals surface area contributed by atoms with Crippen LogP contribution in [-0.2, 0) is 0 Å². The molecule has 0 amide bonds. The molecule has 2 saturated carbocycles. The lowest BCUT2D eigenvalue weighted by atomic mass is 10.1. The molecule has 0 aliphatic heterocycles. The zero-order valence-electron chi connectivity index (χ0n) is 11.3. The molecule has 0 spiro atoms. The molecule has 0 radical (unpaired) electrons. The predicted molar refractivity (Wildman–Crippen MR) is 74.7 cm³/mol. The van der Waals surface area contributed by atoms with E-state index in [1.807, 2.05) is 0 Å². The van der Waals surface area contributed by atoms with Gasteiger partial charge in [0.25, 0.3) is 5.69 Å². The summed E-state index contributed by atoms with van der Waals surface area (Å²) in [6.07, 6.45) is 4.90. The van der Waals surface area contributed by atoms with Crippen LogP contribution >= 0.6 is 0 Å². The monoisotopic (exact) mass is 274 g/mol. The SMILES string of the molecule is O=C(CN(CC1CC1)C1CC1)c1cccc([N+](=O)[O-])c1. The van der Waals surface area contributed by atoms with Crippen molar-refractivity contribution in [3.63, 3.8) is 0 Å². The van der Waals surface area contributed by atoms with E-state index in [1.165, 1.54) is 37.8 Å². The van der Waals surface area contributed by atoms with E-state index in [9.17, 15) is 14.9 Å². The molecule has 2 aliphatic rings. The molecule has 0 saturated heterocycles. The largest absolute Gasteiger partial charge is 0.293 e. The lowest BCUT2D eigenvalue weighted by molar-refractivity contribution is -0.384. The zero-order valence-corrected chi connectivity index (χ0v) is 11.3. The molecule has 0 N–H and O–H groups in total. The number of carbonyl (C=O) groups excluding carboxylic acids is 1. The summed E-state index contributed by atoms with van der Waals surface area (Å²) in [5.41, 5.74) is 0.427. The Morgan fingerprint density at radius 3 is 2.65 bits per heavy atom. The maximum absolute atomic E-state index is 12.3. The Bertz CT molecular complexity index is 536. The topological polar surface area (TPSA) is 63.5 Å². The van der Waals surface area contributed by atoms with Gasteiger partial charge >= 0.3 is 0 Å². The molecule has 0 atom stereocenters. The summed E-state index contributed by atoms with van der Waals surface area (Å²) in [5, 5.41) is 10.8. The number of hydrogen-bond acceptors (Lipinski definition) is 4. The third-order valence-electron chi connectivity index (χ3n) is 3.98. The summed E-state index contributed by atoms with van der Waals surface area (Å²) < 4.78 is 0. The Hall–Kier alpha value is -1.75. The van der Waals surface area contributed by atoms with E-state index in [0.717, 1.165) is 12.5 Å². The van der Waals surface area contributed by atoms with Crippen LogP contribution in [0.4, 0.5) is 5.69 Å². The Labute approximate surface area is 117 Å². The van der Waals surface area contributed by atoms with Crippen molar-refractivity contribution in [3.8, 4) is 0 Å². The van der Waals surface area contributed by atoms with Crippen LogP contribution in [0.25, 0.3) is 0 Å². The molecule has 0 unspecified atom stereocenters. The van der Waals surface area contributed by atoms with Gasteiger partial charge in [-0.25, -0.2) is 0 Å². The summed E-state index contributed by atoms with van der Waals surface area (Å²) >= 11 is 0. The zero-order chi connectivity index (χ0) is 14.1. The minimum Gasteiger partial charge on any atom is -0.293 e. The van der Waals surface area contributed by atoms with E-state index in [0.29, 0.717) is 18.2 Å². The van der Waals surface area contributed by atoms with Crippen molar-refractivity contribution in [1.29, 1.82) is 0 Å². The van der Waals surface area contributed by atoms with Crippen LogP contribution in [0.15, 0.2) is 24.3 Å². The van der Waals surface area contributed by atoms with Gasteiger partial charge in [-0.2, -0.15) is 0 Å². The summed E-state index contributed by atoms with van der Waals surface area (Å²) in [6.45, 7) is 1.40. The molecule has 1 aromatic rings. The van der Waals surface area contributed by atoms with Crippen LogP contribution in [0.1, 0.15) is 36.0 Å². The van der Waals surface area contributed by atoms with Gasteiger partial charge in [0.15, 0.2) is 5.78 Å². The molecule has 0 aromatic heterocycles. The smallest absolute Gasteiger partial charge is 0.270 e. The maximum atomic E-state index is 12.3. The molecule has 5 heteroatoms. The molecule has 2 fully saturated rings. The average Bonchev–Trinajstić information content (AvgIpc) is 3.30. The highest BCUT2D eigenvalue weighted by Crippen LogP contribution is 2.34. The first-order valence-electron chi connectivity index (χ1n) is 7.15. The van der Waals surface area contributed by atoms with Crippen LogP contribution in [0.5, 0.6) is 0 Å². The van der Waals surface area contributed by atoms with Gasteiger partial charge in [0.2, 0.25) is 0 Å². The fourth-order valence-electron chi connectivity index (χ4n) is 2.48. The first-order chi connectivity index (χ1) is 9.63. The van der Waals surface area contributed by atoms with Crippen molar-refractivity contribution < 1.29 is 9.72 Å². The molecule has 1 aromatic carbocycles. The number of nitro benzene ring substituents is 1. The summed E-state index contributed by atoms with van der Waals surface area (Å²) in [4.78, 5) is 24.9. The first-order valence-corrected chi connectivity index (χ1v) is 7.15. The Kier molecular flexibility index (Phi) is 3.53. The third kappa shape index (κ3) is 3.22.